The lowest BCUT2D eigenvalue weighted by Gasteiger charge is -2.04. The van der Waals surface area contributed by atoms with E-state index < -0.39 is 15.3 Å². The van der Waals surface area contributed by atoms with E-state index in [1.165, 1.54) is 10.9 Å². The van der Waals surface area contributed by atoms with Crippen molar-refractivity contribution in [1.29, 1.82) is 0 Å². The smallest absolute Gasteiger partial charge is 0.408 e. The van der Waals surface area contributed by atoms with Crippen LogP contribution in [0.5, 0.6) is 5.75 Å². The SMILES string of the molecule is O=C(NS(=O)(=O)Cl)Oc1cnc2ccccc2c1. The van der Waals surface area contributed by atoms with Gasteiger partial charge in [-0.05, 0) is 12.1 Å². The van der Waals surface area contributed by atoms with Gasteiger partial charge in [-0.25, -0.2) is 9.52 Å². The molecular weight excluding hydrogens is 280 g/mol. The van der Waals surface area contributed by atoms with Crippen LogP contribution in [0.25, 0.3) is 10.9 Å². The number of para-hydroxylation sites is 1. The van der Waals surface area contributed by atoms with Crippen LogP contribution in [0.2, 0.25) is 0 Å². The molecule has 1 aromatic carbocycles. The fourth-order valence-corrected chi connectivity index (χ4v) is 1.76. The maximum atomic E-state index is 11.1. The van der Waals surface area contributed by atoms with E-state index >= 15 is 0 Å². The van der Waals surface area contributed by atoms with Crippen LogP contribution in [0, 0.1) is 0 Å². The molecular formula is C10H7ClN2O4S. The van der Waals surface area contributed by atoms with Gasteiger partial charge in [0.25, 0.3) is 0 Å². The van der Waals surface area contributed by atoms with Gasteiger partial charge >= 0.3 is 15.3 Å². The molecule has 2 rings (SSSR count). The van der Waals surface area contributed by atoms with Gasteiger partial charge in [-0.3, -0.25) is 4.98 Å². The lowest BCUT2D eigenvalue weighted by molar-refractivity contribution is 0.207. The van der Waals surface area contributed by atoms with Gasteiger partial charge in [0, 0.05) is 16.1 Å². The van der Waals surface area contributed by atoms with Crippen LogP contribution in [0.1, 0.15) is 0 Å². The number of fused-ring (bicyclic) bond motifs is 1. The van der Waals surface area contributed by atoms with Gasteiger partial charge < -0.3 is 4.74 Å². The molecule has 0 radical (unpaired) electrons. The number of carbonyl (C=O) groups is 1. The summed E-state index contributed by atoms with van der Waals surface area (Å²) in [6.45, 7) is 0. The van der Waals surface area contributed by atoms with E-state index in [9.17, 15) is 13.2 Å². The molecule has 0 saturated carbocycles. The minimum Gasteiger partial charge on any atom is -0.408 e. The summed E-state index contributed by atoms with van der Waals surface area (Å²) in [6, 6.07) is 8.76. The molecule has 0 fully saturated rings. The maximum absolute atomic E-state index is 11.1. The first-order valence-electron chi connectivity index (χ1n) is 4.73. The molecule has 0 bridgehead atoms. The molecule has 0 aliphatic heterocycles. The first kappa shape index (κ1) is 12.6. The largest absolute Gasteiger partial charge is 0.427 e. The van der Waals surface area contributed by atoms with Crippen molar-refractivity contribution < 1.29 is 17.9 Å². The van der Waals surface area contributed by atoms with Crippen molar-refractivity contribution in [2.75, 3.05) is 0 Å². The Kier molecular flexibility index (Phi) is 3.35. The number of rotatable bonds is 2. The zero-order valence-electron chi connectivity index (χ0n) is 8.83. The molecule has 6 nitrogen and oxygen atoms in total. The first-order valence-corrected chi connectivity index (χ1v) is 7.04. The summed E-state index contributed by atoms with van der Waals surface area (Å²) in [4.78, 5) is 15.2. The number of nitrogens with one attached hydrogen (secondary N) is 1. The fraction of sp³-hybridized carbons (Fsp3) is 0. The Balaban J connectivity index is 2.20. The average molecular weight is 287 g/mol. The van der Waals surface area contributed by atoms with Crippen molar-refractivity contribution in [2.45, 2.75) is 0 Å². The topological polar surface area (TPSA) is 85.4 Å². The summed E-state index contributed by atoms with van der Waals surface area (Å²) in [7, 11) is 0.675. The quantitative estimate of drug-likeness (QED) is 0.851. The van der Waals surface area contributed by atoms with E-state index in [1.54, 1.807) is 24.3 Å². The second-order valence-electron chi connectivity index (χ2n) is 3.29. The van der Waals surface area contributed by atoms with E-state index in [-0.39, 0.29) is 5.75 Å². The minimum absolute atomic E-state index is 0.117. The third-order valence-electron chi connectivity index (χ3n) is 1.98. The van der Waals surface area contributed by atoms with E-state index in [4.69, 9.17) is 15.4 Å². The molecule has 0 aliphatic rings. The predicted molar refractivity (Wildman–Crippen MR) is 65.7 cm³/mol. The number of halogens is 1. The van der Waals surface area contributed by atoms with Gasteiger partial charge in [-0.15, -0.1) is 0 Å². The summed E-state index contributed by atoms with van der Waals surface area (Å²) in [5.74, 6) is 0.117. The van der Waals surface area contributed by atoms with Crippen LogP contribution >= 0.6 is 10.7 Å². The highest BCUT2D eigenvalue weighted by atomic mass is 35.7. The van der Waals surface area contributed by atoms with Crippen LogP contribution in [0.4, 0.5) is 4.79 Å². The average Bonchev–Trinajstić information content (AvgIpc) is 2.26. The predicted octanol–water partition coefficient (Wildman–Crippen LogP) is 1.81. The summed E-state index contributed by atoms with van der Waals surface area (Å²) < 4.78 is 27.4. The Hall–Kier alpha value is -1.86. The highest BCUT2D eigenvalue weighted by molar-refractivity contribution is 8.12. The molecule has 1 heterocycles. The van der Waals surface area contributed by atoms with Gasteiger partial charge in [0.05, 0.1) is 11.7 Å². The van der Waals surface area contributed by atoms with Gasteiger partial charge in [-0.1, -0.05) is 18.2 Å². The number of ether oxygens (including phenoxy) is 1. The normalized spacial score (nSPS) is 11.2. The number of hydrogen-bond acceptors (Lipinski definition) is 5. The van der Waals surface area contributed by atoms with Crippen LogP contribution in [0.15, 0.2) is 36.5 Å². The van der Waals surface area contributed by atoms with Crippen molar-refractivity contribution >= 4 is 36.9 Å². The Labute approximate surface area is 107 Å². The number of aromatic nitrogens is 1. The van der Waals surface area contributed by atoms with E-state index in [0.29, 0.717) is 0 Å². The second kappa shape index (κ2) is 4.79. The monoisotopic (exact) mass is 286 g/mol. The lowest BCUT2D eigenvalue weighted by atomic mass is 10.2. The van der Waals surface area contributed by atoms with Crippen molar-refractivity contribution in [3.05, 3.63) is 36.5 Å². The molecule has 1 amide bonds. The number of hydrogen-bond donors (Lipinski definition) is 1. The van der Waals surface area contributed by atoms with Crippen molar-refractivity contribution in [2.24, 2.45) is 0 Å². The molecule has 0 saturated heterocycles. The molecule has 0 unspecified atom stereocenters. The molecule has 1 N–H and O–H groups in total. The summed E-state index contributed by atoms with van der Waals surface area (Å²) in [6.07, 6.45) is 0.116. The summed E-state index contributed by atoms with van der Waals surface area (Å²) in [5, 5.41) is 0.761. The standard InChI is InChI=1S/C10H7ClN2O4S/c11-18(15,16)13-10(14)17-8-5-7-3-1-2-4-9(7)12-6-8/h1-6H,(H,13,14). The molecule has 2 aromatic rings. The van der Waals surface area contributed by atoms with Crippen LogP contribution < -0.4 is 9.46 Å². The van der Waals surface area contributed by atoms with E-state index in [1.807, 2.05) is 6.07 Å². The molecule has 18 heavy (non-hydrogen) atoms. The van der Waals surface area contributed by atoms with Gasteiger partial charge in [0.1, 0.15) is 0 Å². The van der Waals surface area contributed by atoms with Crippen molar-refractivity contribution in [3.63, 3.8) is 0 Å². The highest BCUT2D eigenvalue weighted by Gasteiger charge is 2.12. The maximum Gasteiger partial charge on any atom is 0.427 e. The van der Waals surface area contributed by atoms with Gasteiger partial charge in [-0.2, -0.15) is 8.42 Å². The number of benzene rings is 1. The Bertz CT molecular complexity index is 702. The molecule has 8 heteroatoms. The molecule has 94 valence electrons. The van der Waals surface area contributed by atoms with Crippen LogP contribution in [0.3, 0.4) is 0 Å². The van der Waals surface area contributed by atoms with Crippen molar-refractivity contribution in [1.82, 2.24) is 9.71 Å². The number of pyridine rings is 1. The van der Waals surface area contributed by atoms with Gasteiger partial charge in [0.15, 0.2) is 5.75 Å². The van der Waals surface area contributed by atoms with Crippen molar-refractivity contribution in [3.8, 4) is 5.75 Å². The third-order valence-corrected chi connectivity index (χ3v) is 2.62. The first-order chi connectivity index (χ1) is 8.44. The lowest BCUT2D eigenvalue weighted by Crippen LogP contribution is -2.29. The van der Waals surface area contributed by atoms with Gasteiger partial charge in [0.2, 0.25) is 0 Å². The molecule has 0 atom stereocenters. The zero-order chi connectivity index (χ0) is 13.2. The van der Waals surface area contributed by atoms with E-state index in [2.05, 4.69) is 4.98 Å². The second-order valence-corrected chi connectivity index (χ2v) is 5.59. The van der Waals surface area contributed by atoms with Crippen LogP contribution in [-0.4, -0.2) is 19.5 Å². The Morgan fingerprint density at radius 1 is 1.33 bits per heavy atom. The summed E-state index contributed by atoms with van der Waals surface area (Å²) >= 11 is 0. The molecule has 0 aliphatic carbocycles. The highest BCUT2D eigenvalue weighted by Crippen LogP contribution is 2.17. The molecule has 0 spiro atoms. The van der Waals surface area contributed by atoms with Crippen LogP contribution in [-0.2, 0) is 9.24 Å². The number of nitrogens with zero attached hydrogens (tertiary/aromatic N) is 1. The van der Waals surface area contributed by atoms with E-state index in [0.717, 1.165) is 10.9 Å². The Morgan fingerprint density at radius 2 is 2.06 bits per heavy atom. The number of carbonyl (C=O) groups excluding carboxylic acids is 1. The Morgan fingerprint density at radius 3 is 2.78 bits per heavy atom. The third kappa shape index (κ3) is 3.31. The molecule has 1 aromatic heterocycles. The number of amides is 1. The summed E-state index contributed by atoms with van der Waals surface area (Å²) in [5.41, 5.74) is 0.732. The fourth-order valence-electron chi connectivity index (χ4n) is 1.33. The zero-order valence-corrected chi connectivity index (χ0v) is 10.4. The minimum atomic E-state index is -4.16.